The highest BCUT2D eigenvalue weighted by Crippen LogP contribution is 2.44. The number of fused-ring (bicyclic) bond motifs is 1. The predicted octanol–water partition coefficient (Wildman–Crippen LogP) is 4.56. The Kier molecular flexibility index (Phi) is 3.55. The smallest absolute Gasteiger partial charge is 0.302 e. The normalized spacial score (nSPS) is 14.1. The average Bonchev–Trinajstić information content (AvgIpc) is 2.86. The molecule has 102 valence electrons. The lowest BCUT2D eigenvalue weighted by Gasteiger charge is -2.12. The molecule has 0 saturated carbocycles. The van der Waals surface area contributed by atoms with Gasteiger partial charge < -0.3 is 4.52 Å². The number of thiazole rings is 1. The first kappa shape index (κ1) is 13.6. The van der Waals surface area contributed by atoms with Crippen LogP contribution in [0.3, 0.4) is 0 Å². The van der Waals surface area contributed by atoms with Crippen molar-refractivity contribution in [1.82, 2.24) is 4.98 Å². The first-order valence-electron chi connectivity index (χ1n) is 5.93. The summed E-state index contributed by atoms with van der Waals surface area (Å²) in [5.74, 6) is 0.527. The lowest BCUT2D eigenvalue weighted by atomic mass is 10.3. The van der Waals surface area contributed by atoms with Gasteiger partial charge in [-0.25, -0.2) is 4.98 Å². The molecule has 1 aromatic heterocycles. The first-order chi connectivity index (χ1) is 9.54. The fourth-order valence-electron chi connectivity index (χ4n) is 1.77. The molecule has 0 N–H and O–H groups in total. The molecular formula is C14H11ClNO2PS. The fraction of sp³-hybridized carbons (Fsp3) is 0.0714. The zero-order chi connectivity index (χ0) is 14.2. The summed E-state index contributed by atoms with van der Waals surface area (Å²) in [7, 11) is -2.99. The highest BCUT2D eigenvalue weighted by molar-refractivity contribution is 7.72. The van der Waals surface area contributed by atoms with E-state index in [-0.39, 0.29) is 0 Å². The molecule has 0 bridgehead atoms. The number of aromatic nitrogens is 1. The second-order valence-electron chi connectivity index (χ2n) is 4.36. The van der Waals surface area contributed by atoms with E-state index in [9.17, 15) is 4.57 Å². The molecular weight excluding hydrogens is 313 g/mol. The third-order valence-electron chi connectivity index (χ3n) is 2.72. The summed E-state index contributed by atoms with van der Waals surface area (Å²) in [6.45, 7) is 1.58. The number of rotatable bonds is 3. The molecule has 1 atom stereocenters. The van der Waals surface area contributed by atoms with Crippen LogP contribution < -0.4 is 9.27 Å². The largest absolute Gasteiger partial charge is 0.439 e. The van der Waals surface area contributed by atoms with Crippen molar-refractivity contribution in [3.05, 3.63) is 53.6 Å². The van der Waals surface area contributed by atoms with Crippen LogP contribution in [0.2, 0.25) is 5.02 Å². The van der Waals surface area contributed by atoms with Crippen molar-refractivity contribution in [3.63, 3.8) is 0 Å². The van der Waals surface area contributed by atoms with E-state index in [0.717, 1.165) is 10.2 Å². The highest BCUT2D eigenvalue weighted by atomic mass is 35.5. The third-order valence-corrected chi connectivity index (χ3v) is 6.44. The Morgan fingerprint density at radius 1 is 1.15 bits per heavy atom. The Morgan fingerprint density at radius 3 is 2.55 bits per heavy atom. The Labute approximate surface area is 125 Å². The Hall–Kier alpha value is -1.35. The molecule has 6 heteroatoms. The Morgan fingerprint density at radius 2 is 1.85 bits per heavy atom. The van der Waals surface area contributed by atoms with Gasteiger partial charge in [-0.1, -0.05) is 23.7 Å². The van der Waals surface area contributed by atoms with Crippen LogP contribution in [-0.4, -0.2) is 11.6 Å². The molecule has 0 aliphatic carbocycles. The Balaban J connectivity index is 1.94. The van der Waals surface area contributed by atoms with Crippen molar-refractivity contribution in [2.45, 2.75) is 0 Å². The molecule has 0 spiro atoms. The summed E-state index contributed by atoms with van der Waals surface area (Å²) in [5.41, 5.74) is 0.842. The van der Waals surface area contributed by atoms with Gasteiger partial charge >= 0.3 is 7.37 Å². The monoisotopic (exact) mass is 323 g/mol. The molecule has 0 amide bonds. The minimum Gasteiger partial charge on any atom is -0.439 e. The third kappa shape index (κ3) is 2.73. The van der Waals surface area contributed by atoms with Crippen LogP contribution in [0.1, 0.15) is 0 Å². The van der Waals surface area contributed by atoms with Gasteiger partial charge in [0, 0.05) is 11.7 Å². The molecule has 0 aliphatic heterocycles. The molecule has 0 radical (unpaired) electrons. The SMILES string of the molecule is C[P@](=O)(Oc1ccc(Cl)cc1)c1nc2ccccc2s1. The Bertz CT molecular complexity index is 767. The van der Waals surface area contributed by atoms with E-state index in [1.807, 2.05) is 24.3 Å². The van der Waals surface area contributed by atoms with Gasteiger partial charge in [-0.2, -0.15) is 0 Å². The van der Waals surface area contributed by atoms with Crippen LogP contribution >= 0.6 is 30.3 Å². The minimum absolute atomic E-state index is 0.522. The van der Waals surface area contributed by atoms with Gasteiger partial charge in [0.05, 0.1) is 10.2 Å². The van der Waals surface area contributed by atoms with Gasteiger partial charge in [0.1, 0.15) is 5.75 Å². The highest BCUT2D eigenvalue weighted by Gasteiger charge is 2.25. The van der Waals surface area contributed by atoms with E-state index >= 15 is 0 Å². The quantitative estimate of drug-likeness (QED) is 0.663. The van der Waals surface area contributed by atoms with E-state index in [4.69, 9.17) is 16.1 Å². The van der Waals surface area contributed by atoms with Gasteiger partial charge in [-0.3, -0.25) is 4.57 Å². The van der Waals surface area contributed by atoms with Gasteiger partial charge in [-0.15, -0.1) is 11.3 Å². The van der Waals surface area contributed by atoms with Crippen molar-refractivity contribution in [2.24, 2.45) is 0 Å². The van der Waals surface area contributed by atoms with Crippen molar-refractivity contribution < 1.29 is 9.09 Å². The van der Waals surface area contributed by atoms with Gasteiger partial charge in [0.15, 0.2) is 4.75 Å². The molecule has 0 fully saturated rings. The number of para-hydroxylation sites is 1. The van der Waals surface area contributed by atoms with Gasteiger partial charge in [0.2, 0.25) is 0 Å². The molecule has 1 heterocycles. The lowest BCUT2D eigenvalue weighted by Crippen LogP contribution is -2.07. The van der Waals surface area contributed by atoms with E-state index in [1.165, 1.54) is 11.3 Å². The molecule has 0 saturated heterocycles. The zero-order valence-corrected chi connectivity index (χ0v) is 13.1. The summed E-state index contributed by atoms with van der Waals surface area (Å²) < 4.78 is 19.9. The second-order valence-corrected chi connectivity index (χ2v) is 8.42. The standard InChI is InChI=1S/C14H11ClNO2PS/c1-19(17,18-11-8-6-10(15)7-9-11)14-16-12-4-2-3-5-13(12)20-14/h2-9H,1H3/t19-/m0/s1. The number of benzene rings is 2. The van der Waals surface area contributed by atoms with Crippen LogP contribution in [-0.2, 0) is 4.57 Å². The van der Waals surface area contributed by atoms with Crippen LogP contribution in [0.25, 0.3) is 10.2 Å². The molecule has 0 unspecified atom stereocenters. The summed E-state index contributed by atoms with van der Waals surface area (Å²) >= 11 is 7.22. The van der Waals surface area contributed by atoms with E-state index < -0.39 is 7.37 Å². The molecule has 0 aliphatic rings. The maximum Gasteiger partial charge on any atom is 0.302 e. The van der Waals surface area contributed by atoms with E-state index in [2.05, 4.69) is 4.98 Å². The first-order valence-corrected chi connectivity index (χ1v) is 9.20. The number of nitrogens with zero attached hydrogens (tertiary/aromatic N) is 1. The van der Waals surface area contributed by atoms with Gasteiger partial charge in [0.25, 0.3) is 0 Å². The summed E-state index contributed by atoms with van der Waals surface area (Å²) in [4.78, 5) is 4.40. The van der Waals surface area contributed by atoms with Crippen LogP contribution in [0.4, 0.5) is 0 Å². The average molecular weight is 324 g/mol. The molecule has 2 aromatic carbocycles. The lowest BCUT2D eigenvalue weighted by molar-refractivity contribution is 0.498. The molecule has 3 nitrogen and oxygen atoms in total. The summed E-state index contributed by atoms with van der Waals surface area (Å²) in [5, 5.41) is 0.614. The summed E-state index contributed by atoms with van der Waals surface area (Å²) in [6.07, 6.45) is 0. The van der Waals surface area contributed by atoms with Gasteiger partial charge in [-0.05, 0) is 36.4 Å². The minimum atomic E-state index is -2.99. The molecule has 3 rings (SSSR count). The van der Waals surface area contributed by atoms with E-state index in [1.54, 1.807) is 30.9 Å². The predicted molar refractivity (Wildman–Crippen MR) is 84.9 cm³/mol. The maximum absolute atomic E-state index is 12.7. The fourth-order valence-corrected chi connectivity index (χ4v) is 4.56. The van der Waals surface area contributed by atoms with Crippen molar-refractivity contribution in [1.29, 1.82) is 0 Å². The topological polar surface area (TPSA) is 39.2 Å². The number of hydrogen-bond donors (Lipinski definition) is 0. The summed E-state index contributed by atoms with van der Waals surface area (Å²) in [6, 6.07) is 14.5. The zero-order valence-electron chi connectivity index (χ0n) is 10.6. The van der Waals surface area contributed by atoms with Crippen LogP contribution in [0, 0.1) is 0 Å². The van der Waals surface area contributed by atoms with Crippen molar-refractivity contribution in [2.75, 3.05) is 6.66 Å². The van der Waals surface area contributed by atoms with Crippen LogP contribution in [0.15, 0.2) is 48.5 Å². The number of hydrogen-bond acceptors (Lipinski definition) is 4. The number of halogens is 1. The second kappa shape index (κ2) is 5.21. The van der Waals surface area contributed by atoms with Crippen molar-refractivity contribution in [3.8, 4) is 5.75 Å². The van der Waals surface area contributed by atoms with E-state index in [0.29, 0.717) is 15.5 Å². The van der Waals surface area contributed by atoms with Crippen LogP contribution in [0.5, 0.6) is 5.75 Å². The molecule has 3 aromatic rings. The molecule has 20 heavy (non-hydrogen) atoms. The van der Waals surface area contributed by atoms with Crippen molar-refractivity contribution >= 4 is 45.3 Å². The maximum atomic E-state index is 12.7.